The van der Waals surface area contributed by atoms with Gasteiger partial charge in [0.2, 0.25) is 0 Å². The molecule has 0 saturated carbocycles. The second-order valence-electron chi connectivity index (χ2n) is 7.17. The lowest BCUT2D eigenvalue weighted by Crippen LogP contribution is -2.34. The van der Waals surface area contributed by atoms with Gasteiger partial charge in [-0.3, -0.25) is 4.90 Å². The van der Waals surface area contributed by atoms with Crippen molar-refractivity contribution in [2.45, 2.75) is 19.4 Å². The van der Waals surface area contributed by atoms with E-state index >= 15 is 4.39 Å². The van der Waals surface area contributed by atoms with Crippen LogP contribution in [0.2, 0.25) is 0 Å². The monoisotopic (exact) mass is 389 g/mol. The number of fused-ring (bicyclic) bond motifs is 2. The van der Waals surface area contributed by atoms with E-state index in [1.165, 1.54) is 15.0 Å². The summed E-state index contributed by atoms with van der Waals surface area (Å²) in [6, 6.07) is 18.3. The summed E-state index contributed by atoms with van der Waals surface area (Å²) >= 11 is 1.81. The normalized spacial score (nSPS) is 17.0. The molecule has 1 atom stereocenters. The van der Waals surface area contributed by atoms with E-state index in [9.17, 15) is 0 Å². The highest BCUT2D eigenvalue weighted by molar-refractivity contribution is 7.19. The Morgan fingerprint density at radius 2 is 2.04 bits per heavy atom. The summed E-state index contributed by atoms with van der Waals surface area (Å²) in [5, 5.41) is 9.27. The predicted octanol–water partition coefficient (Wildman–Crippen LogP) is 5.46. The van der Waals surface area contributed by atoms with Crippen LogP contribution in [0.15, 0.2) is 60.8 Å². The molecule has 3 nitrogen and oxygen atoms in total. The molecule has 0 spiro atoms. The number of nitrogens with zero attached hydrogens (tertiary/aromatic N) is 3. The minimum Gasteiger partial charge on any atom is -0.298 e. The van der Waals surface area contributed by atoms with Crippen LogP contribution >= 0.6 is 11.3 Å². The van der Waals surface area contributed by atoms with Gasteiger partial charge in [-0.2, -0.15) is 10.2 Å². The van der Waals surface area contributed by atoms with Crippen molar-refractivity contribution >= 4 is 21.4 Å². The Morgan fingerprint density at radius 3 is 2.82 bits per heavy atom. The summed E-state index contributed by atoms with van der Waals surface area (Å²) in [7, 11) is 0. The quantitative estimate of drug-likeness (QED) is 0.466. The molecule has 2 aromatic carbocycles. The first kappa shape index (κ1) is 17.5. The zero-order valence-corrected chi connectivity index (χ0v) is 16.4. The topological polar surface area (TPSA) is 29.0 Å². The Kier molecular flexibility index (Phi) is 4.41. The first-order chi connectivity index (χ1) is 13.7. The van der Waals surface area contributed by atoms with Gasteiger partial charge in [-0.05, 0) is 47.8 Å². The molecule has 1 unspecified atom stereocenters. The van der Waals surface area contributed by atoms with E-state index in [1.807, 2.05) is 23.5 Å². The fourth-order valence-electron chi connectivity index (χ4n) is 4.07. The lowest BCUT2D eigenvalue weighted by Gasteiger charge is -2.34. The Hall–Kier alpha value is -2.63. The maximum absolute atomic E-state index is 15.6. The van der Waals surface area contributed by atoms with Crippen LogP contribution < -0.4 is 0 Å². The highest BCUT2D eigenvalue weighted by Crippen LogP contribution is 2.41. The summed E-state index contributed by atoms with van der Waals surface area (Å²) in [5.41, 5.74) is 3.00. The van der Waals surface area contributed by atoms with Crippen LogP contribution in [0.1, 0.15) is 28.8 Å². The van der Waals surface area contributed by atoms with Gasteiger partial charge < -0.3 is 0 Å². The molecule has 1 aliphatic rings. The maximum Gasteiger partial charge on any atom is 0.137 e. The summed E-state index contributed by atoms with van der Waals surface area (Å²) in [6.07, 6.45) is 1.61. The molecule has 28 heavy (non-hydrogen) atoms. The molecule has 0 aliphatic carbocycles. The molecule has 0 radical (unpaired) electrons. The summed E-state index contributed by atoms with van der Waals surface area (Å²) in [5.74, 6) is 0.0220. The van der Waals surface area contributed by atoms with E-state index in [-0.39, 0.29) is 11.7 Å². The lowest BCUT2D eigenvalue weighted by molar-refractivity contribution is 0.249. The first-order valence-corrected chi connectivity index (χ1v) is 10.4. The molecule has 0 amide bonds. The molecule has 0 saturated heterocycles. The molecule has 0 bridgehead atoms. The molecule has 1 aliphatic heterocycles. The smallest absolute Gasteiger partial charge is 0.137 e. The number of likely N-dealkylation sites (N-methyl/N-ethyl adjacent to an activating group) is 1. The SMILES string of the molecule is CCN1Cc2c(ccc(-c3cccnn3)c2F)C(c2cc3ccccc3s2)C1. The summed E-state index contributed by atoms with van der Waals surface area (Å²) in [4.78, 5) is 3.62. The Labute approximate surface area is 167 Å². The Morgan fingerprint density at radius 1 is 1.14 bits per heavy atom. The van der Waals surface area contributed by atoms with Gasteiger partial charge in [-0.1, -0.05) is 31.2 Å². The van der Waals surface area contributed by atoms with Crippen molar-refractivity contribution in [2.24, 2.45) is 0 Å². The van der Waals surface area contributed by atoms with Crippen molar-refractivity contribution < 1.29 is 4.39 Å². The maximum atomic E-state index is 15.6. The van der Waals surface area contributed by atoms with Crippen LogP contribution in [-0.2, 0) is 6.54 Å². The molecule has 140 valence electrons. The van der Waals surface area contributed by atoms with Gasteiger partial charge in [0.05, 0.1) is 5.69 Å². The fraction of sp³-hybridized carbons (Fsp3) is 0.217. The van der Waals surface area contributed by atoms with Gasteiger partial charge in [0.15, 0.2) is 0 Å². The molecule has 4 aromatic rings. The number of halogens is 1. The molecule has 5 heteroatoms. The molecule has 5 rings (SSSR count). The van der Waals surface area contributed by atoms with Gasteiger partial charge in [0.25, 0.3) is 0 Å². The van der Waals surface area contributed by atoms with Gasteiger partial charge in [-0.25, -0.2) is 4.39 Å². The zero-order valence-electron chi connectivity index (χ0n) is 15.6. The summed E-state index contributed by atoms with van der Waals surface area (Å²) in [6.45, 7) is 4.58. The number of hydrogen-bond donors (Lipinski definition) is 0. The number of aromatic nitrogens is 2. The van der Waals surface area contributed by atoms with Crippen LogP contribution in [0.5, 0.6) is 0 Å². The van der Waals surface area contributed by atoms with Gasteiger partial charge in [-0.15, -0.1) is 11.3 Å². The van der Waals surface area contributed by atoms with Gasteiger partial charge in [0.1, 0.15) is 5.82 Å². The average Bonchev–Trinajstić information content (AvgIpc) is 3.18. The van der Waals surface area contributed by atoms with E-state index < -0.39 is 0 Å². The Balaban J connectivity index is 1.65. The van der Waals surface area contributed by atoms with Crippen molar-refractivity contribution in [3.05, 3.63) is 82.6 Å². The van der Waals surface area contributed by atoms with E-state index in [2.05, 4.69) is 58.4 Å². The second kappa shape index (κ2) is 7.08. The third-order valence-electron chi connectivity index (χ3n) is 5.56. The van der Waals surface area contributed by atoms with Crippen LogP contribution in [0.4, 0.5) is 4.39 Å². The van der Waals surface area contributed by atoms with E-state index in [4.69, 9.17) is 0 Å². The number of benzene rings is 2. The molecule has 3 heterocycles. The molecule has 2 aromatic heterocycles. The zero-order chi connectivity index (χ0) is 19.1. The van der Waals surface area contributed by atoms with E-state index in [0.717, 1.165) is 24.2 Å². The average molecular weight is 389 g/mol. The highest BCUT2D eigenvalue weighted by Gasteiger charge is 2.30. The lowest BCUT2D eigenvalue weighted by atomic mass is 9.86. The molecule has 0 N–H and O–H groups in total. The fourth-order valence-corrected chi connectivity index (χ4v) is 5.24. The van der Waals surface area contributed by atoms with Crippen molar-refractivity contribution in [3.63, 3.8) is 0 Å². The van der Waals surface area contributed by atoms with Gasteiger partial charge >= 0.3 is 0 Å². The summed E-state index contributed by atoms with van der Waals surface area (Å²) < 4.78 is 16.8. The van der Waals surface area contributed by atoms with E-state index in [1.54, 1.807) is 12.3 Å². The second-order valence-corrected chi connectivity index (χ2v) is 8.29. The van der Waals surface area contributed by atoms with Gasteiger partial charge in [0, 0.05) is 45.9 Å². The minimum absolute atomic E-state index is 0.165. The molecule has 0 fully saturated rings. The largest absolute Gasteiger partial charge is 0.298 e. The highest BCUT2D eigenvalue weighted by atomic mass is 32.1. The molecular formula is C23H20FN3S. The number of rotatable bonds is 3. The van der Waals surface area contributed by atoms with Crippen LogP contribution in [-0.4, -0.2) is 28.2 Å². The predicted molar refractivity (Wildman–Crippen MR) is 112 cm³/mol. The van der Waals surface area contributed by atoms with Crippen molar-refractivity contribution in [1.82, 2.24) is 15.1 Å². The van der Waals surface area contributed by atoms with Crippen LogP contribution in [0.25, 0.3) is 21.3 Å². The van der Waals surface area contributed by atoms with Crippen LogP contribution in [0, 0.1) is 5.82 Å². The number of hydrogen-bond acceptors (Lipinski definition) is 4. The van der Waals surface area contributed by atoms with Crippen molar-refractivity contribution in [3.8, 4) is 11.3 Å². The van der Waals surface area contributed by atoms with Crippen molar-refractivity contribution in [2.75, 3.05) is 13.1 Å². The third-order valence-corrected chi connectivity index (χ3v) is 6.79. The van der Waals surface area contributed by atoms with Crippen molar-refractivity contribution in [1.29, 1.82) is 0 Å². The molecular weight excluding hydrogens is 369 g/mol. The third kappa shape index (κ3) is 2.91. The first-order valence-electron chi connectivity index (χ1n) is 9.54. The Bertz CT molecular complexity index is 1110. The van der Waals surface area contributed by atoms with Crippen LogP contribution in [0.3, 0.4) is 0 Å². The standard InChI is InChI=1S/C23H20FN3S/c1-2-27-13-18(22-12-15-6-3-4-8-21(15)28-22)16-9-10-17(23(24)19(16)14-27)20-7-5-11-25-26-20/h3-12,18H,2,13-14H2,1H3. The minimum atomic E-state index is -0.165. The van der Waals surface area contributed by atoms with E-state index in [0.29, 0.717) is 17.8 Å². The number of thiophene rings is 1.